The average Bonchev–Trinajstić information content (AvgIpc) is 2.86. The summed E-state index contributed by atoms with van der Waals surface area (Å²) >= 11 is 0. The van der Waals surface area contributed by atoms with Crippen molar-refractivity contribution < 1.29 is 14.2 Å². The minimum Gasteiger partial charge on any atom is -0.454 e. The minimum absolute atomic E-state index is 0.256. The van der Waals surface area contributed by atoms with Gasteiger partial charge in [0.2, 0.25) is 12.7 Å². The van der Waals surface area contributed by atoms with Crippen LogP contribution in [-0.4, -0.2) is 18.8 Å². The molecule has 1 aliphatic rings. The maximum Gasteiger partial charge on any atom is 0.231 e. The molecule has 0 aliphatic carbocycles. The van der Waals surface area contributed by atoms with Crippen molar-refractivity contribution in [3.63, 3.8) is 0 Å². The lowest BCUT2D eigenvalue weighted by Gasteiger charge is -2.06. The van der Waals surface area contributed by atoms with E-state index in [-0.39, 0.29) is 6.79 Å². The molecule has 92 valence electrons. The molecule has 0 fully saturated rings. The first-order chi connectivity index (χ1) is 8.85. The summed E-state index contributed by atoms with van der Waals surface area (Å²) in [7, 11) is 1.81. The number of pyridine rings is 1. The highest BCUT2D eigenvalue weighted by Gasteiger charge is 2.14. The molecule has 1 N–H and O–H groups in total. The van der Waals surface area contributed by atoms with Crippen molar-refractivity contribution in [3.05, 3.63) is 36.4 Å². The summed E-state index contributed by atoms with van der Waals surface area (Å²) in [5.74, 6) is 3.38. The van der Waals surface area contributed by atoms with Gasteiger partial charge in [-0.2, -0.15) is 4.98 Å². The first kappa shape index (κ1) is 10.7. The van der Waals surface area contributed by atoms with Gasteiger partial charge in [-0.25, -0.2) is 0 Å². The Balaban J connectivity index is 1.83. The van der Waals surface area contributed by atoms with Crippen LogP contribution in [0.15, 0.2) is 36.4 Å². The molecule has 0 atom stereocenters. The highest BCUT2D eigenvalue weighted by Crippen LogP contribution is 2.36. The van der Waals surface area contributed by atoms with E-state index < -0.39 is 0 Å². The van der Waals surface area contributed by atoms with E-state index in [0.717, 1.165) is 11.6 Å². The van der Waals surface area contributed by atoms with E-state index in [4.69, 9.17) is 14.2 Å². The molecule has 0 spiro atoms. The van der Waals surface area contributed by atoms with Crippen molar-refractivity contribution in [2.45, 2.75) is 0 Å². The van der Waals surface area contributed by atoms with Crippen molar-refractivity contribution in [2.24, 2.45) is 0 Å². The Bertz CT molecular complexity index is 572. The molecule has 5 heteroatoms. The Morgan fingerprint density at radius 3 is 2.94 bits per heavy atom. The van der Waals surface area contributed by atoms with Gasteiger partial charge in [0.05, 0.1) is 0 Å². The van der Waals surface area contributed by atoms with Crippen LogP contribution in [-0.2, 0) is 0 Å². The third-order valence-corrected chi connectivity index (χ3v) is 2.55. The third-order valence-electron chi connectivity index (χ3n) is 2.55. The molecule has 0 amide bonds. The molecule has 1 aromatic heterocycles. The average molecular weight is 244 g/mol. The van der Waals surface area contributed by atoms with Gasteiger partial charge in [-0.1, -0.05) is 6.07 Å². The summed E-state index contributed by atoms with van der Waals surface area (Å²) in [5, 5.41) is 2.96. The SMILES string of the molecule is CNc1cccc(Oc2ccc3c(c2)OCO3)n1. The fraction of sp³-hybridized carbons (Fsp3) is 0.154. The number of benzene rings is 1. The Hall–Kier alpha value is -2.43. The smallest absolute Gasteiger partial charge is 0.231 e. The number of fused-ring (bicyclic) bond motifs is 1. The van der Waals surface area contributed by atoms with Crippen LogP contribution < -0.4 is 19.5 Å². The van der Waals surface area contributed by atoms with E-state index in [1.165, 1.54) is 0 Å². The van der Waals surface area contributed by atoms with Gasteiger partial charge in [-0.15, -0.1) is 0 Å². The molecule has 2 heterocycles. The largest absolute Gasteiger partial charge is 0.454 e. The van der Waals surface area contributed by atoms with Gasteiger partial charge in [-0.05, 0) is 18.2 Å². The Morgan fingerprint density at radius 1 is 1.17 bits per heavy atom. The standard InChI is InChI=1S/C13H12N2O3/c1-14-12-3-2-4-13(15-12)18-9-5-6-10-11(7-9)17-8-16-10/h2-7H,8H2,1H3,(H,14,15). The number of hydrogen-bond acceptors (Lipinski definition) is 5. The first-order valence-electron chi connectivity index (χ1n) is 5.57. The molecule has 0 bridgehead atoms. The van der Waals surface area contributed by atoms with Gasteiger partial charge in [-0.3, -0.25) is 0 Å². The highest BCUT2D eigenvalue weighted by atomic mass is 16.7. The quantitative estimate of drug-likeness (QED) is 0.899. The van der Waals surface area contributed by atoms with E-state index >= 15 is 0 Å². The molecule has 1 aliphatic heterocycles. The Labute approximate surface area is 104 Å². The van der Waals surface area contributed by atoms with Crippen LogP contribution in [0.1, 0.15) is 0 Å². The molecule has 18 heavy (non-hydrogen) atoms. The maximum absolute atomic E-state index is 5.66. The molecule has 0 radical (unpaired) electrons. The van der Waals surface area contributed by atoms with E-state index in [0.29, 0.717) is 17.4 Å². The molecular formula is C13H12N2O3. The van der Waals surface area contributed by atoms with E-state index in [1.807, 2.05) is 31.3 Å². The summed E-state index contributed by atoms with van der Waals surface area (Å²) in [6.07, 6.45) is 0. The lowest BCUT2D eigenvalue weighted by Crippen LogP contribution is -1.94. The van der Waals surface area contributed by atoms with Crippen molar-refractivity contribution in [3.8, 4) is 23.1 Å². The predicted octanol–water partition coefficient (Wildman–Crippen LogP) is 2.64. The van der Waals surface area contributed by atoms with Gasteiger partial charge < -0.3 is 19.5 Å². The summed E-state index contributed by atoms with van der Waals surface area (Å²) in [5.41, 5.74) is 0. The number of rotatable bonds is 3. The van der Waals surface area contributed by atoms with Crippen molar-refractivity contribution in [1.82, 2.24) is 4.98 Å². The topological polar surface area (TPSA) is 52.6 Å². The summed E-state index contributed by atoms with van der Waals surface area (Å²) < 4.78 is 16.2. The summed E-state index contributed by atoms with van der Waals surface area (Å²) in [4.78, 5) is 4.27. The molecule has 3 rings (SSSR count). The second-order valence-corrected chi connectivity index (χ2v) is 3.73. The van der Waals surface area contributed by atoms with Crippen LogP contribution in [0.25, 0.3) is 0 Å². The summed E-state index contributed by atoms with van der Waals surface area (Å²) in [6.45, 7) is 0.256. The fourth-order valence-electron chi connectivity index (χ4n) is 1.67. The number of nitrogens with one attached hydrogen (secondary N) is 1. The molecule has 0 saturated carbocycles. The van der Waals surface area contributed by atoms with Crippen LogP contribution in [0.3, 0.4) is 0 Å². The Morgan fingerprint density at radius 2 is 2.06 bits per heavy atom. The predicted molar refractivity (Wildman–Crippen MR) is 66.4 cm³/mol. The van der Waals surface area contributed by atoms with Crippen LogP contribution in [0, 0.1) is 0 Å². The second-order valence-electron chi connectivity index (χ2n) is 3.73. The normalized spacial score (nSPS) is 12.3. The van der Waals surface area contributed by atoms with E-state index in [2.05, 4.69) is 10.3 Å². The number of aromatic nitrogens is 1. The molecule has 0 saturated heterocycles. The van der Waals surface area contributed by atoms with Crippen LogP contribution >= 0.6 is 0 Å². The maximum atomic E-state index is 5.66. The fourth-order valence-corrected chi connectivity index (χ4v) is 1.67. The van der Waals surface area contributed by atoms with E-state index in [1.54, 1.807) is 12.1 Å². The zero-order valence-electron chi connectivity index (χ0n) is 9.84. The van der Waals surface area contributed by atoms with Gasteiger partial charge in [0.25, 0.3) is 0 Å². The van der Waals surface area contributed by atoms with Gasteiger partial charge in [0, 0.05) is 19.2 Å². The second kappa shape index (κ2) is 4.44. The lowest BCUT2D eigenvalue weighted by atomic mass is 10.3. The third kappa shape index (κ3) is 2.02. The highest BCUT2D eigenvalue weighted by molar-refractivity contribution is 5.48. The van der Waals surface area contributed by atoms with E-state index in [9.17, 15) is 0 Å². The molecule has 1 aromatic carbocycles. The molecule has 2 aromatic rings. The Kier molecular flexibility index (Phi) is 2.64. The van der Waals surface area contributed by atoms with Crippen molar-refractivity contribution >= 4 is 5.82 Å². The molecule has 0 unspecified atom stereocenters. The zero-order chi connectivity index (χ0) is 12.4. The van der Waals surface area contributed by atoms with Crippen LogP contribution in [0.5, 0.6) is 23.1 Å². The first-order valence-corrected chi connectivity index (χ1v) is 5.57. The number of hydrogen-bond donors (Lipinski definition) is 1. The number of ether oxygens (including phenoxy) is 3. The van der Waals surface area contributed by atoms with Gasteiger partial charge >= 0.3 is 0 Å². The van der Waals surface area contributed by atoms with Gasteiger partial charge in [0.1, 0.15) is 11.6 Å². The van der Waals surface area contributed by atoms with Gasteiger partial charge in [0.15, 0.2) is 11.5 Å². The van der Waals surface area contributed by atoms with Crippen LogP contribution in [0.4, 0.5) is 5.82 Å². The number of anilines is 1. The molecular weight excluding hydrogens is 232 g/mol. The zero-order valence-corrected chi connectivity index (χ0v) is 9.84. The monoisotopic (exact) mass is 244 g/mol. The lowest BCUT2D eigenvalue weighted by molar-refractivity contribution is 0.174. The van der Waals surface area contributed by atoms with Crippen LogP contribution in [0.2, 0.25) is 0 Å². The minimum atomic E-state index is 0.256. The van der Waals surface area contributed by atoms with Crippen molar-refractivity contribution in [2.75, 3.05) is 19.2 Å². The molecule has 5 nitrogen and oxygen atoms in total. The van der Waals surface area contributed by atoms with Crippen molar-refractivity contribution in [1.29, 1.82) is 0 Å². The number of nitrogens with zero attached hydrogens (tertiary/aromatic N) is 1. The summed E-state index contributed by atoms with van der Waals surface area (Å²) in [6, 6.07) is 11.0.